The second-order valence-electron chi connectivity index (χ2n) is 8.60. The molecule has 1 N–H and O–H groups in total. The van der Waals surface area contributed by atoms with Crippen LogP contribution in [0.25, 0.3) is 0 Å². The number of ether oxygens (including phenoxy) is 1. The van der Waals surface area contributed by atoms with Crippen molar-refractivity contribution in [1.29, 1.82) is 5.26 Å². The summed E-state index contributed by atoms with van der Waals surface area (Å²) in [5, 5.41) is 20.7. The number of aliphatic hydroxyl groups excluding tert-OH is 1. The summed E-state index contributed by atoms with van der Waals surface area (Å²) in [6, 6.07) is 2.47. The van der Waals surface area contributed by atoms with Gasteiger partial charge in [-0.2, -0.15) is 5.26 Å². The van der Waals surface area contributed by atoms with E-state index in [1.807, 2.05) is 0 Å². The molecule has 0 amide bonds. The van der Waals surface area contributed by atoms with Crippen LogP contribution in [0.2, 0.25) is 0 Å². The second-order valence-corrected chi connectivity index (χ2v) is 8.60. The summed E-state index contributed by atoms with van der Waals surface area (Å²) in [6.07, 6.45) is 6.94. The highest BCUT2D eigenvalue weighted by Gasteiger charge is 2.58. The van der Waals surface area contributed by atoms with Crippen molar-refractivity contribution in [1.82, 2.24) is 0 Å². The fraction of sp³-hybridized carbons (Fsp3) is 0.944. The zero-order chi connectivity index (χ0) is 15.3. The number of rotatable bonds is 2. The molecular formula is C18H29NO2. The molecule has 0 aromatic heterocycles. The highest BCUT2D eigenvalue weighted by atomic mass is 16.5. The van der Waals surface area contributed by atoms with E-state index in [0.29, 0.717) is 5.41 Å². The van der Waals surface area contributed by atoms with Crippen LogP contribution in [0.3, 0.4) is 0 Å². The molecule has 3 rings (SSSR count). The van der Waals surface area contributed by atoms with Crippen molar-refractivity contribution in [3.8, 4) is 6.07 Å². The van der Waals surface area contributed by atoms with Crippen LogP contribution < -0.4 is 0 Å². The third-order valence-electron chi connectivity index (χ3n) is 6.43. The second kappa shape index (κ2) is 5.25. The number of hydrogen-bond acceptors (Lipinski definition) is 3. The quantitative estimate of drug-likeness (QED) is 0.844. The van der Waals surface area contributed by atoms with Crippen molar-refractivity contribution in [2.24, 2.45) is 22.7 Å². The van der Waals surface area contributed by atoms with E-state index in [2.05, 4.69) is 26.8 Å². The van der Waals surface area contributed by atoms with E-state index >= 15 is 0 Å². The molecule has 1 aliphatic carbocycles. The molecular weight excluding hydrogens is 262 g/mol. The Labute approximate surface area is 128 Å². The number of aliphatic hydroxyl groups is 1. The lowest BCUT2D eigenvalue weighted by atomic mass is 9.62. The average Bonchev–Trinajstić information content (AvgIpc) is 3.06. The normalized spacial score (nSPS) is 44.5. The number of nitriles is 1. The summed E-state index contributed by atoms with van der Waals surface area (Å²) >= 11 is 0. The smallest absolute Gasteiger partial charge is 0.112 e. The predicted octanol–water partition coefficient (Wildman–Crippen LogP) is 3.66. The van der Waals surface area contributed by atoms with Crippen LogP contribution in [-0.2, 0) is 4.74 Å². The molecule has 4 atom stereocenters. The van der Waals surface area contributed by atoms with Crippen LogP contribution in [0.4, 0.5) is 0 Å². The Balaban J connectivity index is 1.67. The fourth-order valence-corrected chi connectivity index (χ4v) is 4.96. The van der Waals surface area contributed by atoms with E-state index in [4.69, 9.17) is 4.74 Å². The van der Waals surface area contributed by atoms with Crippen LogP contribution in [0, 0.1) is 34.0 Å². The summed E-state index contributed by atoms with van der Waals surface area (Å²) in [5.74, 6) is 1.03. The number of nitrogens with zero attached hydrogens (tertiary/aromatic N) is 1. The molecule has 2 heterocycles. The molecule has 0 aromatic rings. The molecule has 21 heavy (non-hydrogen) atoms. The van der Waals surface area contributed by atoms with E-state index in [0.717, 1.165) is 38.0 Å². The van der Waals surface area contributed by atoms with Gasteiger partial charge in [-0.15, -0.1) is 0 Å². The summed E-state index contributed by atoms with van der Waals surface area (Å²) in [6.45, 7) is 6.94. The van der Waals surface area contributed by atoms with Crippen LogP contribution in [0.5, 0.6) is 0 Å². The summed E-state index contributed by atoms with van der Waals surface area (Å²) in [4.78, 5) is 0. The molecule has 118 valence electrons. The first-order valence-corrected chi connectivity index (χ1v) is 8.61. The van der Waals surface area contributed by atoms with Crippen molar-refractivity contribution in [3.05, 3.63) is 0 Å². The van der Waals surface area contributed by atoms with E-state index in [1.54, 1.807) is 0 Å². The van der Waals surface area contributed by atoms with Gasteiger partial charge in [-0.25, -0.2) is 0 Å². The molecule has 1 saturated carbocycles. The van der Waals surface area contributed by atoms with Crippen molar-refractivity contribution >= 4 is 0 Å². The Morgan fingerprint density at radius 1 is 1.14 bits per heavy atom. The van der Waals surface area contributed by atoms with Gasteiger partial charge < -0.3 is 9.84 Å². The first-order valence-electron chi connectivity index (χ1n) is 8.61. The van der Waals surface area contributed by atoms with Crippen LogP contribution in [0.1, 0.15) is 65.7 Å². The SMILES string of the molecule is CC(C)(C)C1CCC(C(O)C2(C#N)CC3CCC2O3)CC1. The van der Waals surface area contributed by atoms with Gasteiger partial charge in [0.15, 0.2) is 0 Å². The van der Waals surface area contributed by atoms with Crippen molar-refractivity contribution in [3.63, 3.8) is 0 Å². The molecule has 3 aliphatic rings. The van der Waals surface area contributed by atoms with Gasteiger partial charge in [0, 0.05) is 0 Å². The van der Waals surface area contributed by atoms with Crippen molar-refractivity contribution in [2.75, 3.05) is 0 Å². The molecule has 0 spiro atoms. The Morgan fingerprint density at radius 2 is 1.81 bits per heavy atom. The van der Waals surface area contributed by atoms with E-state index in [1.165, 1.54) is 12.8 Å². The molecule has 4 unspecified atom stereocenters. The molecule has 2 aliphatic heterocycles. The van der Waals surface area contributed by atoms with E-state index in [9.17, 15) is 10.4 Å². The van der Waals surface area contributed by atoms with Gasteiger partial charge in [0.1, 0.15) is 5.41 Å². The topological polar surface area (TPSA) is 53.2 Å². The third-order valence-corrected chi connectivity index (χ3v) is 6.43. The Morgan fingerprint density at radius 3 is 2.24 bits per heavy atom. The summed E-state index contributed by atoms with van der Waals surface area (Å²) in [7, 11) is 0. The Kier molecular flexibility index (Phi) is 3.83. The summed E-state index contributed by atoms with van der Waals surface area (Å²) < 4.78 is 5.88. The van der Waals surface area contributed by atoms with Gasteiger partial charge in [0.25, 0.3) is 0 Å². The molecule has 2 bridgehead atoms. The molecule has 3 heteroatoms. The lowest BCUT2D eigenvalue weighted by Gasteiger charge is -2.42. The van der Waals surface area contributed by atoms with Crippen LogP contribution >= 0.6 is 0 Å². The minimum absolute atomic E-state index is 0.0251. The highest BCUT2D eigenvalue weighted by Crippen LogP contribution is 2.53. The van der Waals surface area contributed by atoms with Gasteiger partial charge in [-0.05, 0) is 62.2 Å². The maximum atomic E-state index is 10.9. The molecule has 2 saturated heterocycles. The largest absolute Gasteiger partial charge is 0.391 e. The number of hydrogen-bond donors (Lipinski definition) is 1. The maximum absolute atomic E-state index is 10.9. The minimum atomic E-state index is -0.623. The Hall–Kier alpha value is -0.590. The molecule has 3 nitrogen and oxygen atoms in total. The zero-order valence-electron chi connectivity index (χ0n) is 13.6. The van der Waals surface area contributed by atoms with E-state index in [-0.39, 0.29) is 18.1 Å². The summed E-state index contributed by atoms with van der Waals surface area (Å²) in [5.41, 5.74) is -0.263. The lowest BCUT2D eigenvalue weighted by molar-refractivity contribution is -0.0448. The number of fused-ring (bicyclic) bond motifs is 2. The average molecular weight is 291 g/mol. The molecule has 0 radical (unpaired) electrons. The molecule has 0 aromatic carbocycles. The first kappa shape index (κ1) is 15.3. The molecule has 3 fully saturated rings. The van der Waals surface area contributed by atoms with Gasteiger partial charge in [0.05, 0.1) is 24.4 Å². The van der Waals surface area contributed by atoms with E-state index < -0.39 is 11.5 Å². The first-order chi connectivity index (χ1) is 9.87. The maximum Gasteiger partial charge on any atom is 0.112 e. The fourth-order valence-electron chi connectivity index (χ4n) is 4.96. The Bertz CT molecular complexity index is 427. The van der Waals surface area contributed by atoms with Crippen molar-refractivity contribution < 1.29 is 9.84 Å². The van der Waals surface area contributed by atoms with Crippen LogP contribution in [0.15, 0.2) is 0 Å². The van der Waals surface area contributed by atoms with Crippen LogP contribution in [-0.4, -0.2) is 23.4 Å². The van der Waals surface area contributed by atoms with Crippen molar-refractivity contribution in [2.45, 2.75) is 84.0 Å². The van der Waals surface area contributed by atoms with Gasteiger partial charge in [-0.1, -0.05) is 20.8 Å². The monoisotopic (exact) mass is 291 g/mol. The predicted molar refractivity (Wildman–Crippen MR) is 81.5 cm³/mol. The van der Waals surface area contributed by atoms with Gasteiger partial charge >= 0.3 is 0 Å². The zero-order valence-corrected chi connectivity index (χ0v) is 13.6. The minimum Gasteiger partial charge on any atom is -0.391 e. The third kappa shape index (κ3) is 2.51. The lowest BCUT2D eigenvalue weighted by Crippen LogP contribution is -2.47. The standard InChI is InChI=1S/C18H29NO2/c1-17(2,3)13-6-4-12(5-7-13)16(20)18(11-19)10-14-8-9-15(18)21-14/h12-16,20H,4-10H2,1-3H3. The van der Waals surface area contributed by atoms with Gasteiger partial charge in [0.2, 0.25) is 0 Å². The van der Waals surface area contributed by atoms with Gasteiger partial charge in [-0.3, -0.25) is 0 Å². The highest BCUT2D eigenvalue weighted by molar-refractivity contribution is 5.16.